The van der Waals surface area contributed by atoms with E-state index in [0.717, 1.165) is 54.0 Å². The SMILES string of the molecule is C=CCCN(CCC=C)c1ccc(C2=c3cc4c(cc3OC2=O)=C(c2ccc(N(CCC(=C)COOC)CCC(=C)COOC)cc2)C(=O)O4)cc1. The number of fused-ring (bicyclic) bond motifs is 2. The Kier molecular flexibility index (Phi) is 13.4. The molecule has 0 unspecified atom stereocenters. The summed E-state index contributed by atoms with van der Waals surface area (Å²) < 4.78 is 11.5. The minimum Gasteiger partial charge on any atom is -0.422 e. The number of carbonyl (C=O) groups is 2. The molecule has 10 heteroatoms. The van der Waals surface area contributed by atoms with Crippen LogP contribution in [0.4, 0.5) is 11.4 Å². The zero-order valence-electron chi connectivity index (χ0n) is 30.0. The predicted octanol–water partition coefficient (Wildman–Crippen LogP) is 5.74. The van der Waals surface area contributed by atoms with Crippen molar-refractivity contribution in [3.63, 3.8) is 0 Å². The largest absolute Gasteiger partial charge is 0.422 e. The van der Waals surface area contributed by atoms with Gasteiger partial charge < -0.3 is 19.3 Å². The first kappa shape index (κ1) is 38.0. The van der Waals surface area contributed by atoms with Crippen LogP contribution in [0.2, 0.25) is 0 Å². The number of nitrogens with zero attached hydrogens (tertiary/aromatic N) is 2. The average molecular weight is 707 g/mol. The van der Waals surface area contributed by atoms with Crippen LogP contribution in [0.5, 0.6) is 11.5 Å². The van der Waals surface area contributed by atoms with Gasteiger partial charge in [-0.2, -0.15) is 0 Å². The van der Waals surface area contributed by atoms with Gasteiger partial charge in [-0.3, -0.25) is 0 Å². The fraction of sp³-hybridized carbons (Fsp3) is 0.286. The third kappa shape index (κ3) is 9.15. The molecule has 0 amide bonds. The van der Waals surface area contributed by atoms with E-state index < -0.39 is 11.9 Å². The molecule has 0 bridgehead atoms. The highest BCUT2D eigenvalue weighted by atomic mass is 17.2. The van der Waals surface area contributed by atoms with Crippen molar-refractivity contribution in [2.24, 2.45) is 0 Å². The summed E-state index contributed by atoms with van der Waals surface area (Å²) in [6.07, 6.45) is 6.87. The minimum absolute atomic E-state index is 0.299. The first-order valence-corrected chi connectivity index (χ1v) is 17.2. The molecule has 52 heavy (non-hydrogen) atoms. The molecule has 0 fully saturated rings. The van der Waals surface area contributed by atoms with Gasteiger partial charge in [-0.05, 0) is 84.4 Å². The van der Waals surface area contributed by atoms with E-state index >= 15 is 0 Å². The van der Waals surface area contributed by atoms with Crippen LogP contribution in [0.15, 0.2) is 110 Å². The summed E-state index contributed by atoms with van der Waals surface area (Å²) in [6, 6.07) is 19.0. The Labute approximate surface area is 305 Å². The van der Waals surface area contributed by atoms with Crippen molar-refractivity contribution < 1.29 is 38.6 Å². The molecular formula is C42H46N2O8. The minimum atomic E-state index is -0.469. The molecule has 2 aliphatic rings. The maximum atomic E-state index is 13.3. The Morgan fingerprint density at radius 3 is 1.38 bits per heavy atom. The predicted molar refractivity (Wildman–Crippen MR) is 202 cm³/mol. The molecule has 0 saturated heterocycles. The third-order valence-corrected chi connectivity index (χ3v) is 8.91. The average Bonchev–Trinajstić information content (AvgIpc) is 3.65. The van der Waals surface area contributed by atoms with Crippen LogP contribution in [-0.4, -0.2) is 65.6 Å². The number of carbonyl (C=O) groups excluding carboxylic acids is 2. The van der Waals surface area contributed by atoms with Crippen LogP contribution in [0, 0.1) is 0 Å². The summed E-state index contributed by atoms with van der Waals surface area (Å²) in [5.74, 6) is -0.156. The maximum Gasteiger partial charge on any atom is 0.344 e. The first-order valence-electron chi connectivity index (χ1n) is 17.2. The summed E-state index contributed by atoms with van der Waals surface area (Å²) in [6.45, 7) is 19.5. The molecule has 272 valence electrons. The van der Waals surface area contributed by atoms with Gasteiger partial charge in [0.25, 0.3) is 0 Å². The summed E-state index contributed by atoms with van der Waals surface area (Å²) in [5.41, 5.74) is 6.01. The number of ether oxygens (including phenoxy) is 2. The molecule has 5 rings (SSSR count). The highest BCUT2D eigenvalue weighted by Crippen LogP contribution is 2.29. The first-order chi connectivity index (χ1) is 25.3. The standard InChI is InChI=1S/C42H46N2O8/c1-7-9-21-43(22-10-8-2)33-15-11-31(12-16-33)39-35-25-38-36(26-37(35)51-41(39)45)40(42(46)52-38)32-13-17-34(18-14-32)44(23-19-29(3)27-49-47-5)24-20-30(4)28-50-48-6/h7-8,11-18,25-26H,1-4,9-10,19-24,27-28H2,5-6H3. The van der Waals surface area contributed by atoms with Gasteiger partial charge in [0.05, 0.1) is 25.4 Å². The molecule has 0 atom stereocenters. The van der Waals surface area contributed by atoms with Gasteiger partial charge in [0.2, 0.25) is 0 Å². The molecule has 0 aromatic heterocycles. The molecule has 0 spiro atoms. The smallest absolute Gasteiger partial charge is 0.344 e. The zero-order valence-corrected chi connectivity index (χ0v) is 30.0. The number of esters is 2. The van der Waals surface area contributed by atoms with Crippen LogP contribution in [0.25, 0.3) is 11.1 Å². The lowest BCUT2D eigenvalue weighted by Gasteiger charge is -2.26. The molecule has 0 radical (unpaired) electrons. The maximum absolute atomic E-state index is 13.3. The van der Waals surface area contributed by atoms with Crippen molar-refractivity contribution in [1.29, 1.82) is 0 Å². The van der Waals surface area contributed by atoms with E-state index in [9.17, 15) is 9.59 Å². The number of benzene rings is 3. The number of hydrogen-bond acceptors (Lipinski definition) is 10. The Hall–Kier alpha value is -5.26. The van der Waals surface area contributed by atoms with Crippen molar-refractivity contribution >= 4 is 34.5 Å². The lowest BCUT2D eigenvalue weighted by atomic mass is 10.0. The van der Waals surface area contributed by atoms with Gasteiger partial charge in [-0.1, -0.05) is 49.6 Å². The Bertz CT molecular complexity index is 1900. The Balaban J connectivity index is 1.42. The quantitative estimate of drug-likeness (QED) is 0.0424. The van der Waals surface area contributed by atoms with Crippen LogP contribution in [0.3, 0.4) is 0 Å². The summed E-state index contributed by atoms with van der Waals surface area (Å²) in [4.78, 5) is 50.5. The number of anilines is 2. The number of hydrogen-bond donors (Lipinski definition) is 0. The van der Waals surface area contributed by atoms with E-state index in [1.54, 1.807) is 12.1 Å². The molecule has 3 aromatic carbocycles. The molecule has 0 aliphatic carbocycles. The highest BCUT2D eigenvalue weighted by molar-refractivity contribution is 6.21. The second kappa shape index (κ2) is 18.3. The lowest BCUT2D eigenvalue weighted by molar-refractivity contribution is -0.265. The van der Waals surface area contributed by atoms with Crippen molar-refractivity contribution in [1.82, 2.24) is 0 Å². The van der Waals surface area contributed by atoms with Gasteiger partial charge in [0, 0.05) is 48.0 Å². The summed E-state index contributed by atoms with van der Waals surface area (Å²) in [5, 5.41) is 1.16. The second-order valence-electron chi connectivity index (χ2n) is 12.5. The van der Waals surface area contributed by atoms with Gasteiger partial charge in [0.1, 0.15) is 24.7 Å². The summed E-state index contributed by atoms with van der Waals surface area (Å²) in [7, 11) is 2.93. The molecule has 0 saturated carbocycles. The Morgan fingerprint density at radius 1 is 0.635 bits per heavy atom. The fourth-order valence-corrected chi connectivity index (χ4v) is 6.12. The van der Waals surface area contributed by atoms with Gasteiger partial charge in [-0.15, -0.1) is 13.2 Å². The van der Waals surface area contributed by atoms with Crippen LogP contribution in [-0.2, 0) is 29.1 Å². The van der Waals surface area contributed by atoms with E-state index in [-0.39, 0.29) is 0 Å². The number of rotatable bonds is 22. The van der Waals surface area contributed by atoms with Gasteiger partial charge >= 0.3 is 11.9 Å². The van der Waals surface area contributed by atoms with Crippen LogP contribution < -0.4 is 29.7 Å². The lowest BCUT2D eigenvalue weighted by Crippen LogP contribution is -2.27. The van der Waals surface area contributed by atoms with E-state index in [0.29, 0.717) is 77.8 Å². The molecule has 2 heterocycles. The summed E-state index contributed by atoms with van der Waals surface area (Å²) >= 11 is 0. The van der Waals surface area contributed by atoms with Gasteiger partial charge in [0.15, 0.2) is 0 Å². The third-order valence-electron chi connectivity index (χ3n) is 8.91. The molecule has 10 nitrogen and oxygen atoms in total. The van der Waals surface area contributed by atoms with Crippen LogP contribution >= 0.6 is 0 Å². The van der Waals surface area contributed by atoms with Crippen LogP contribution in [0.1, 0.15) is 36.8 Å². The molecule has 2 aliphatic heterocycles. The zero-order chi connectivity index (χ0) is 37.0. The van der Waals surface area contributed by atoms with Crippen molar-refractivity contribution in [2.45, 2.75) is 25.7 Å². The van der Waals surface area contributed by atoms with E-state index in [1.165, 1.54) is 14.2 Å². The van der Waals surface area contributed by atoms with Crippen molar-refractivity contribution in [3.8, 4) is 11.5 Å². The van der Waals surface area contributed by atoms with Crippen molar-refractivity contribution in [3.05, 3.63) is 132 Å². The highest BCUT2D eigenvalue weighted by Gasteiger charge is 2.30. The topological polar surface area (TPSA) is 96.0 Å². The molecule has 3 aromatic rings. The second-order valence-corrected chi connectivity index (χ2v) is 12.5. The Morgan fingerprint density at radius 2 is 1.02 bits per heavy atom. The molecular weight excluding hydrogens is 660 g/mol. The molecule has 0 N–H and O–H groups in total. The monoisotopic (exact) mass is 706 g/mol. The van der Waals surface area contributed by atoms with E-state index in [1.807, 2.05) is 60.7 Å². The van der Waals surface area contributed by atoms with E-state index in [2.05, 4.69) is 36.1 Å². The van der Waals surface area contributed by atoms with Gasteiger partial charge in [-0.25, -0.2) is 29.1 Å². The van der Waals surface area contributed by atoms with E-state index in [4.69, 9.17) is 29.0 Å². The normalized spacial score (nSPS) is 13.0. The van der Waals surface area contributed by atoms with Crippen molar-refractivity contribution in [2.75, 3.05) is 63.4 Å². The fourth-order valence-electron chi connectivity index (χ4n) is 6.12.